The molecule has 0 aromatic carbocycles. The molecule has 2 aromatic heterocycles. The van der Waals surface area contributed by atoms with Crippen LogP contribution in [0.15, 0.2) is 30.6 Å². The summed E-state index contributed by atoms with van der Waals surface area (Å²) in [5, 5.41) is 4.09. The van der Waals surface area contributed by atoms with Gasteiger partial charge in [-0.2, -0.15) is 5.10 Å². The first-order valence-electron chi connectivity index (χ1n) is 4.56. The van der Waals surface area contributed by atoms with E-state index in [2.05, 4.69) is 17.0 Å². The molecule has 4 nitrogen and oxygen atoms in total. The number of nitrogens with two attached hydrogens (primary N) is 1. The van der Waals surface area contributed by atoms with E-state index in [1.54, 1.807) is 16.9 Å². The fourth-order valence-electron chi connectivity index (χ4n) is 1.24. The number of anilines is 1. The van der Waals surface area contributed by atoms with Gasteiger partial charge in [0.15, 0.2) is 0 Å². The molecule has 0 aliphatic rings. The number of hydrogen-bond acceptors (Lipinski definition) is 3. The van der Waals surface area contributed by atoms with Crippen molar-refractivity contribution in [1.29, 1.82) is 0 Å². The Bertz CT molecular complexity index is 416. The Hall–Kier alpha value is -1.84. The molecule has 0 radical (unpaired) electrons. The van der Waals surface area contributed by atoms with Gasteiger partial charge < -0.3 is 5.73 Å². The first kappa shape index (κ1) is 8.74. The maximum Gasteiger partial charge on any atom is 0.145 e. The normalized spacial score (nSPS) is 10.4. The van der Waals surface area contributed by atoms with Crippen LogP contribution in [0.25, 0.3) is 5.69 Å². The van der Waals surface area contributed by atoms with Gasteiger partial charge in [0.2, 0.25) is 0 Å². The first-order valence-corrected chi connectivity index (χ1v) is 4.56. The molecule has 0 unspecified atom stereocenters. The third kappa shape index (κ3) is 1.59. The summed E-state index contributed by atoms with van der Waals surface area (Å²) >= 11 is 0. The van der Waals surface area contributed by atoms with E-state index < -0.39 is 0 Å². The minimum Gasteiger partial charge on any atom is -0.382 e. The Kier molecular flexibility index (Phi) is 2.18. The van der Waals surface area contributed by atoms with E-state index >= 15 is 0 Å². The standard InChI is InChI=1S/C10H12N4/c1-2-8-3-4-9(7-12-8)14-6-5-10(11)13-14/h3-7H,2H2,1H3,(H2,11,13). The lowest BCUT2D eigenvalue weighted by molar-refractivity contribution is 0.872. The van der Waals surface area contributed by atoms with Crippen LogP contribution in [-0.2, 0) is 6.42 Å². The van der Waals surface area contributed by atoms with Gasteiger partial charge in [-0.1, -0.05) is 6.92 Å². The first-order chi connectivity index (χ1) is 6.79. The van der Waals surface area contributed by atoms with E-state index in [9.17, 15) is 0 Å². The van der Waals surface area contributed by atoms with Crippen molar-refractivity contribution in [2.24, 2.45) is 0 Å². The van der Waals surface area contributed by atoms with Crippen LogP contribution in [0.5, 0.6) is 0 Å². The SMILES string of the molecule is CCc1ccc(-n2ccc(N)n2)cn1. The van der Waals surface area contributed by atoms with Crippen molar-refractivity contribution in [1.82, 2.24) is 14.8 Å². The minimum absolute atomic E-state index is 0.518. The second-order valence-electron chi connectivity index (χ2n) is 3.05. The van der Waals surface area contributed by atoms with Crippen molar-refractivity contribution >= 4 is 5.82 Å². The van der Waals surface area contributed by atoms with E-state index in [0.29, 0.717) is 5.82 Å². The molecule has 2 rings (SSSR count). The lowest BCUT2D eigenvalue weighted by Crippen LogP contribution is -1.97. The predicted octanol–water partition coefficient (Wildman–Crippen LogP) is 1.41. The third-order valence-corrected chi connectivity index (χ3v) is 2.05. The van der Waals surface area contributed by atoms with Crippen molar-refractivity contribution in [3.63, 3.8) is 0 Å². The monoisotopic (exact) mass is 188 g/mol. The van der Waals surface area contributed by atoms with Crippen molar-refractivity contribution in [3.05, 3.63) is 36.3 Å². The Morgan fingerprint density at radius 2 is 2.21 bits per heavy atom. The molecule has 0 bridgehead atoms. The lowest BCUT2D eigenvalue weighted by atomic mass is 10.3. The minimum atomic E-state index is 0.518. The van der Waals surface area contributed by atoms with Gasteiger partial charge in [-0.3, -0.25) is 4.98 Å². The van der Waals surface area contributed by atoms with Gasteiger partial charge in [-0.15, -0.1) is 0 Å². The van der Waals surface area contributed by atoms with Crippen LogP contribution >= 0.6 is 0 Å². The molecule has 0 amide bonds. The molecule has 0 aliphatic heterocycles. The topological polar surface area (TPSA) is 56.7 Å². The maximum absolute atomic E-state index is 5.52. The van der Waals surface area contributed by atoms with Crippen LogP contribution in [-0.4, -0.2) is 14.8 Å². The van der Waals surface area contributed by atoms with Crippen LogP contribution in [0.1, 0.15) is 12.6 Å². The summed E-state index contributed by atoms with van der Waals surface area (Å²) in [5.41, 5.74) is 7.53. The molecule has 0 spiro atoms. The summed E-state index contributed by atoms with van der Waals surface area (Å²) in [6.07, 6.45) is 4.56. The molecule has 2 aromatic rings. The lowest BCUT2D eigenvalue weighted by Gasteiger charge is -2.01. The largest absolute Gasteiger partial charge is 0.382 e. The predicted molar refractivity (Wildman–Crippen MR) is 55.1 cm³/mol. The van der Waals surface area contributed by atoms with Crippen molar-refractivity contribution < 1.29 is 0 Å². The zero-order valence-electron chi connectivity index (χ0n) is 8.01. The number of aromatic nitrogens is 3. The molecular weight excluding hydrogens is 176 g/mol. The number of rotatable bonds is 2. The molecule has 0 fully saturated rings. The van der Waals surface area contributed by atoms with Crippen molar-refractivity contribution in [2.75, 3.05) is 5.73 Å². The summed E-state index contributed by atoms with van der Waals surface area (Å²) in [6, 6.07) is 5.74. The highest BCUT2D eigenvalue weighted by molar-refractivity contribution is 5.33. The molecule has 0 aliphatic carbocycles. The summed E-state index contributed by atoms with van der Waals surface area (Å²) in [5.74, 6) is 0.518. The fraction of sp³-hybridized carbons (Fsp3) is 0.200. The van der Waals surface area contributed by atoms with E-state index in [4.69, 9.17) is 5.73 Å². The summed E-state index contributed by atoms with van der Waals surface area (Å²) in [4.78, 5) is 4.28. The highest BCUT2D eigenvalue weighted by Gasteiger charge is 1.98. The van der Waals surface area contributed by atoms with Gasteiger partial charge in [-0.05, 0) is 18.6 Å². The molecule has 72 valence electrons. The second-order valence-corrected chi connectivity index (χ2v) is 3.05. The number of hydrogen-bond donors (Lipinski definition) is 1. The average Bonchev–Trinajstić information content (AvgIpc) is 2.65. The third-order valence-electron chi connectivity index (χ3n) is 2.05. The number of nitrogens with zero attached hydrogens (tertiary/aromatic N) is 3. The Balaban J connectivity index is 2.33. The van der Waals surface area contributed by atoms with Gasteiger partial charge in [0.05, 0.1) is 11.9 Å². The molecule has 0 saturated heterocycles. The van der Waals surface area contributed by atoms with E-state index in [1.165, 1.54) is 0 Å². The van der Waals surface area contributed by atoms with Gasteiger partial charge in [0.1, 0.15) is 5.82 Å². The summed E-state index contributed by atoms with van der Waals surface area (Å²) in [7, 11) is 0. The smallest absolute Gasteiger partial charge is 0.145 e. The van der Waals surface area contributed by atoms with E-state index in [-0.39, 0.29) is 0 Å². The summed E-state index contributed by atoms with van der Waals surface area (Å²) < 4.78 is 1.71. The average molecular weight is 188 g/mol. The van der Waals surface area contributed by atoms with Gasteiger partial charge in [0, 0.05) is 18.0 Å². The van der Waals surface area contributed by atoms with Crippen LogP contribution in [0.4, 0.5) is 5.82 Å². The Morgan fingerprint density at radius 1 is 1.36 bits per heavy atom. The van der Waals surface area contributed by atoms with Crippen molar-refractivity contribution in [3.8, 4) is 5.69 Å². The van der Waals surface area contributed by atoms with E-state index in [0.717, 1.165) is 17.8 Å². The highest BCUT2D eigenvalue weighted by atomic mass is 15.3. The van der Waals surface area contributed by atoms with Gasteiger partial charge in [-0.25, -0.2) is 4.68 Å². The van der Waals surface area contributed by atoms with Crippen LogP contribution < -0.4 is 5.73 Å². The molecule has 4 heteroatoms. The fourth-order valence-corrected chi connectivity index (χ4v) is 1.24. The number of aryl methyl sites for hydroxylation is 1. The zero-order chi connectivity index (χ0) is 9.97. The Morgan fingerprint density at radius 3 is 2.71 bits per heavy atom. The molecule has 0 saturated carbocycles. The van der Waals surface area contributed by atoms with Gasteiger partial charge >= 0.3 is 0 Å². The molecule has 14 heavy (non-hydrogen) atoms. The molecular formula is C10H12N4. The Labute approximate surface area is 82.4 Å². The summed E-state index contributed by atoms with van der Waals surface area (Å²) in [6.45, 7) is 2.08. The molecule has 2 heterocycles. The van der Waals surface area contributed by atoms with Crippen molar-refractivity contribution in [2.45, 2.75) is 13.3 Å². The molecule has 0 atom stereocenters. The molecule has 2 N–H and O–H groups in total. The van der Waals surface area contributed by atoms with Crippen LogP contribution in [0.2, 0.25) is 0 Å². The van der Waals surface area contributed by atoms with Crippen LogP contribution in [0, 0.1) is 0 Å². The number of nitrogen functional groups attached to an aromatic ring is 1. The second kappa shape index (κ2) is 3.49. The zero-order valence-corrected chi connectivity index (χ0v) is 8.01. The van der Waals surface area contributed by atoms with Gasteiger partial charge in [0.25, 0.3) is 0 Å². The quantitative estimate of drug-likeness (QED) is 0.775. The van der Waals surface area contributed by atoms with Crippen LogP contribution in [0.3, 0.4) is 0 Å². The van der Waals surface area contributed by atoms with E-state index in [1.807, 2.05) is 18.3 Å². The maximum atomic E-state index is 5.52. The highest BCUT2D eigenvalue weighted by Crippen LogP contribution is 2.07. The number of pyridine rings is 1.